The van der Waals surface area contributed by atoms with Gasteiger partial charge in [-0.25, -0.2) is 0 Å². The second-order valence-electron chi connectivity index (χ2n) is 6.42. The van der Waals surface area contributed by atoms with Crippen molar-refractivity contribution in [2.45, 2.75) is 25.7 Å². The minimum Gasteiger partial charge on any atom is -0.379 e. The van der Waals surface area contributed by atoms with E-state index in [1.807, 2.05) is 0 Å². The van der Waals surface area contributed by atoms with E-state index >= 15 is 0 Å². The zero-order valence-corrected chi connectivity index (χ0v) is 13.5. The van der Waals surface area contributed by atoms with Crippen LogP contribution >= 0.6 is 0 Å². The van der Waals surface area contributed by atoms with E-state index in [9.17, 15) is 4.79 Å². The normalized spacial score (nSPS) is 23.5. The van der Waals surface area contributed by atoms with Gasteiger partial charge in [0.2, 0.25) is 5.91 Å². The second-order valence-corrected chi connectivity index (χ2v) is 6.42. The maximum absolute atomic E-state index is 12.6. The molecular formula is C18H26N2O2. The Balaban J connectivity index is 1.60. The van der Waals surface area contributed by atoms with E-state index in [0.29, 0.717) is 12.5 Å². The van der Waals surface area contributed by atoms with Crippen molar-refractivity contribution in [1.82, 2.24) is 9.80 Å². The van der Waals surface area contributed by atoms with Crippen LogP contribution in [0.4, 0.5) is 0 Å². The van der Waals surface area contributed by atoms with Crippen molar-refractivity contribution in [3.05, 3.63) is 35.4 Å². The van der Waals surface area contributed by atoms with Gasteiger partial charge in [0.15, 0.2) is 0 Å². The highest BCUT2D eigenvalue weighted by Gasteiger charge is 2.26. The van der Waals surface area contributed by atoms with E-state index < -0.39 is 0 Å². The molecule has 120 valence electrons. The molecule has 0 spiro atoms. The lowest BCUT2D eigenvalue weighted by Crippen LogP contribution is -2.47. The molecule has 0 saturated carbocycles. The number of likely N-dealkylation sites (tertiary alicyclic amines) is 1. The highest BCUT2D eigenvalue weighted by Crippen LogP contribution is 2.29. The number of morpholine rings is 1. The zero-order valence-electron chi connectivity index (χ0n) is 13.5. The Kier molecular flexibility index (Phi) is 5.11. The van der Waals surface area contributed by atoms with Crippen LogP contribution in [0.3, 0.4) is 0 Å². The average molecular weight is 302 g/mol. The van der Waals surface area contributed by atoms with Crippen LogP contribution in [-0.2, 0) is 9.53 Å². The number of rotatable bonds is 3. The highest BCUT2D eigenvalue weighted by atomic mass is 16.5. The number of benzene rings is 1. The van der Waals surface area contributed by atoms with Crippen LogP contribution < -0.4 is 0 Å². The fourth-order valence-corrected chi connectivity index (χ4v) is 3.55. The van der Waals surface area contributed by atoms with E-state index in [1.54, 1.807) is 0 Å². The summed E-state index contributed by atoms with van der Waals surface area (Å²) in [5, 5.41) is 0. The Morgan fingerprint density at radius 1 is 1.23 bits per heavy atom. The van der Waals surface area contributed by atoms with E-state index in [1.165, 1.54) is 17.5 Å². The van der Waals surface area contributed by atoms with E-state index in [2.05, 4.69) is 41.0 Å². The summed E-state index contributed by atoms with van der Waals surface area (Å²) in [7, 11) is 0. The molecule has 0 aliphatic carbocycles. The van der Waals surface area contributed by atoms with Crippen molar-refractivity contribution in [1.29, 1.82) is 0 Å². The van der Waals surface area contributed by atoms with Gasteiger partial charge in [0.25, 0.3) is 0 Å². The van der Waals surface area contributed by atoms with E-state index in [4.69, 9.17) is 4.74 Å². The molecule has 1 amide bonds. The number of nitrogens with zero attached hydrogens (tertiary/aromatic N) is 2. The number of carbonyl (C=O) groups excluding carboxylic acids is 1. The maximum Gasteiger partial charge on any atom is 0.236 e. The third kappa shape index (κ3) is 3.68. The summed E-state index contributed by atoms with van der Waals surface area (Å²) >= 11 is 0. The summed E-state index contributed by atoms with van der Waals surface area (Å²) in [6, 6.07) is 8.58. The maximum atomic E-state index is 12.6. The molecule has 3 rings (SSSR count). The Morgan fingerprint density at radius 2 is 2.00 bits per heavy atom. The summed E-state index contributed by atoms with van der Waals surface area (Å²) in [6.45, 7) is 7.74. The number of hydrogen-bond acceptors (Lipinski definition) is 3. The molecule has 2 saturated heterocycles. The van der Waals surface area contributed by atoms with E-state index in [-0.39, 0.29) is 5.91 Å². The van der Waals surface area contributed by atoms with Crippen LogP contribution in [0.5, 0.6) is 0 Å². The molecule has 22 heavy (non-hydrogen) atoms. The fraction of sp³-hybridized carbons (Fsp3) is 0.611. The Bertz CT molecular complexity index is 512. The summed E-state index contributed by atoms with van der Waals surface area (Å²) in [5.74, 6) is 0.767. The number of carbonyl (C=O) groups is 1. The van der Waals surface area contributed by atoms with Crippen LogP contribution in [-0.4, -0.2) is 61.6 Å². The molecule has 1 aromatic rings. The molecule has 2 aliphatic rings. The lowest BCUT2D eigenvalue weighted by molar-refractivity contribution is -0.134. The van der Waals surface area contributed by atoms with Crippen molar-refractivity contribution < 1.29 is 9.53 Å². The molecule has 2 aliphatic heterocycles. The molecule has 0 aromatic heterocycles. The Hall–Kier alpha value is -1.39. The van der Waals surface area contributed by atoms with Crippen LogP contribution in [0.1, 0.15) is 29.9 Å². The van der Waals surface area contributed by atoms with Crippen molar-refractivity contribution in [2.24, 2.45) is 0 Å². The van der Waals surface area contributed by atoms with Gasteiger partial charge in [-0.05, 0) is 30.9 Å². The minimum atomic E-state index is 0.278. The van der Waals surface area contributed by atoms with Gasteiger partial charge in [-0.2, -0.15) is 0 Å². The summed E-state index contributed by atoms with van der Waals surface area (Å²) in [6.07, 6.45) is 2.29. The first kappa shape index (κ1) is 15.5. The highest BCUT2D eigenvalue weighted by molar-refractivity contribution is 5.78. The van der Waals surface area contributed by atoms with Gasteiger partial charge >= 0.3 is 0 Å². The molecule has 2 fully saturated rings. The number of amides is 1. The first-order valence-corrected chi connectivity index (χ1v) is 8.37. The Morgan fingerprint density at radius 3 is 2.77 bits per heavy atom. The fourth-order valence-electron chi connectivity index (χ4n) is 3.55. The standard InChI is InChI=1S/C18H26N2O2/c1-15-5-2-3-7-17(15)16-6-4-8-20(13-16)18(21)14-19-9-11-22-12-10-19/h2-3,5,7,16H,4,6,8-14H2,1H3/t16-/m0/s1. The first-order valence-electron chi connectivity index (χ1n) is 8.37. The Labute approximate surface area is 133 Å². The van der Waals surface area contributed by atoms with E-state index in [0.717, 1.165) is 45.8 Å². The molecule has 2 heterocycles. The zero-order chi connectivity index (χ0) is 15.4. The van der Waals surface area contributed by atoms with Gasteiger partial charge in [0.1, 0.15) is 0 Å². The molecule has 4 nitrogen and oxygen atoms in total. The predicted octanol–water partition coefficient (Wildman–Crippen LogP) is 2.03. The van der Waals surface area contributed by atoms with Crippen molar-refractivity contribution in [3.63, 3.8) is 0 Å². The monoisotopic (exact) mass is 302 g/mol. The molecule has 0 N–H and O–H groups in total. The average Bonchev–Trinajstić information content (AvgIpc) is 2.56. The smallest absolute Gasteiger partial charge is 0.236 e. The van der Waals surface area contributed by atoms with Crippen molar-refractivity contribution in [2.75, 3.05) is 45.9 Å². The SMILES string of the molecule is Cc1ccccc1[C@H]1CCCN(C(=O)CN2CCOCC2)C1. The van der Waals surface area contributed by atoms with Gasteiger partial charge in [-0.15, -0.1) is 0 Å². The van der Waals surface area contributed by atoms with Crippen molar-refractivity contribution in [3.8, 4) is 0 Å². The van der Waals surface area contributed by atoms with Crippen LogP contribution in [0.15, 0.2) is 24.3 Å². The molecule has 4 heteroatoms. The molecule has 1 atom stereocenters. The molecule has 0 radical (unpaired) electrons. The second kappa shape index (κ2) is 7.25. The van der Waals surface area contributed by atoms with Gasteiger partial charge in [-0.3, -0.25) is 9.69 Å². The van der Waals surface area contributed by atoms with Crippen molar-refractivity contribution >= 4 is 5.91 Å². The van der Waals surface area contributed by atoms with Crippen LogP contribution in [0.25, 0.3) is 0 Å². The number of piperidine rings is 1. The number of ether oxygens (including phenoxy) is 1. The molecular weight excluding hydrogens is 276 g/mol. The third-order valence-corrected chi connectivity index (χ3v) is 4.86. The molecule has 0 unspecified atom stereocenters. The number of hydrogen-bond donors (Lipinski definition) is 0. The van der Waals surface area contributed by atoms with Gasteiger partial charge in [0.05, 0.1) is 19.8 Å². The third-order valence-electron chi connectivity index (χ3n) is 4.86. The predicted molar refractivity (Wildman–Crippen MR) is 87.0 cm³/mol. The van der Waals surface area contributed by atoms with Gasteiger partial charge in [0, 0.05) is 32.1 Å². The molecule has 0 bridgehead atoms. The summed E-state index contributed by atoms with van der Waals surface area (Å²) in [4.78, 5) is 16.8. The van der Waals surface area contributed by atoms with Crippen LogP contribution in [0.2, 0.25) is 0 Å². The largest absolute Gasteiger partial charge is 0.379 e. The molecule has 1 aromatic carbocycles. The summed E-state index contributed by atoms with van der Waals surface area (Å²) in [5.41, 5.74) is 2.75. The lowest BCUT2D eigenvalue weighted by atomic mass is 9.88. The lowest BCUT2D eigenvalue weighted by Gasteiger charge is -2.35. The summed E-state index contributed by atoms with van der Waals surface area (Å²) < 4.78 is 5.35. The topological polar surface area (TPSA) is 32.8 Å². The van der Waals surface area contributed by atoms with Gasteiger partial charge < -0.3 is 9.64 Å². The quantitative estimate of drug-likeness (QED) is 0.856. The van der Waals surface area contributed by atoms with Crippen LogP contribution in [0, 0.1) is 6.92 Å². The number of aryl methyl sites for hydroxylation is 1. The first-order chi connectivity index (χ1) is 10.7. The van der Waals surface area contributed by atoms with Gasteiger partial charge in [-0.1, -0.05) is 24.3 Å². The minimum absolute atomic E-state index is 0.278.